The topological polar surface area (TPSA) is 94.5 Å². The van der Waals surface area contributed by atoms with Gasteiger partial charge in [0, 0.05) is 11.1 Å². The third-order valence-corrected chi connectivity index (χ3v) is 2.52. The number of nitrogens with zero attached hydrogens (tertiary/aromatic N) is 3. The summed E-state index contributed by atoms with van der Waals surface area (Å²) in [5, 5.41) is 13.2. The van der Waals surface area contributed by atoms with E-state index in [2.05, 4.69) is 20.3 Å². The summed E-state index contributed by atoms with van der Waals surface area (Å²) >= 11 is 1.12. The molecule has 2 aromatic rings. The van der Waals surface area contributed by atoms with Crippen LogP contribution in [0.2, 0.25) is 0 Å². The number of anilines is 1. The van der Waals surface area contributed by atoms with Crippen LogP contribution in [0.3, 0.4) is 0 Å². The van der Waals surface area contributed by atoms with Crippen LogP contribution in [0.4, 0.5) is 5.82 Å². The van der Waals surface area contributed by atoms with Crippen molar-refractivity contribution in [3.8, 4) is 6.07 Å². The maximum atomic E-state index is 10.9. The average molecular weight is 233 g/mol. The number of thiazole rings is 1. The molecule has 0 amide bonds. The van der Waals surface area contributed by atoms with E-state index in [1.54, 1.807) is 5.38 Å². The SMILES string of the molecule is N#Cc1cnc(NCc2csc(=O)[nH]2)cn1. The van der Waals surface area contributed by atoms with Gasteiger partial charge in [-0.1, -0.05) is 11.3 Å². The Labute approximate surface area is 94.6 Å². The molecule has 6 nitrogen and oxygen atoms in total. The maximum absolute atomic E-state index is 10.9. The molecule has 2 heterocycles. The van der Waals surface area contributed by atoms with Gasteiger partial charge in [0.05, 0.1) is 18.9 Å². The molecular formula is C9H7N5OS. The standard InChI is InChI=1S/C9H7N5OS/c10-1-6-2-12-8(4-11-6)13-3-7-5-16-9(15)14-7/h2,4-5H,3H2,(H,12,13)(H,14,15). The van der Waals surface area contributed by atoms with Gasteiger partial charge < -0.3 is 10.3 Å². The zero-order chi connectivity index (χ0) is 11.4. The lowest BCUT2D eigenvalue weighted by Gasteiger charge is -2.02. The largest absolute Gasteiger partial charge is 0.363 e. The predicted molar refractivity (Wildman–Crippen MR) is 59.0 cm³/mol. The van der Waals surface area contributed by atoms with Gasteiger partial charge in [-0.3, -0.25) is 4.79 Å². The summed E-state index contributed by atoms with van der Waals surface area (Å²) in [6.45, 7) is 0.472. The van der Waals surface area contributed by atoms with Crippen LogP contribution in [0.25, 0.3) is 0 Å². The van der Waals surface area contributed by atoms with E-state index in [1.165, 1.54) is 12.4 Å². The third-order valence-electron chi connectivity index (χ3n) is 1.80. The lowest BCUT2D eigenvalue weighted by Crippen LogP contribution is -2.04. The molecule has 0 aliphatic rings. The molecule has 0 saturated carbocycles. The van der Waals surface area contributed by atoms with Crippen molar-refractivity contribution >= 4 is 17.2 Å². The van der Waals surface area contributed by atoms with Crippen LogP contribution >= 0.6 is 11.3 Å². The van der Waals surface area contributed by atoms with Gasteiger partial charge in [-0.25, -0.2) is 9.97 Å². The minimum absolute atomic E-state index is 0.0808. The molecule has 0 spiro atoms. The van der Waals surface area contributed by atoms with Gasteiger partial charge in [0.15, 0.2) is 5.69 Å². The predicted octanol–water partition coefficient (Wildman–Crippen LogP) is 0.710. The summed E-state index contributed by atoms with van der Waals surface area (Å²) in [4.78, 5) is 21.3. The van der Waals surface area contributed by atoms with Gasteiger partial charge in [0.25, 0.3) is 0 Å². The van der Waals surface area contributed by atoms with Crippen LogP contribution < -0.4 is 10.2 Å². The van der Waals surface area contributed by atoms with Crippen molar-refractivity contribution in [2.24, 2.45) is 0 Å². The number of hydrogen-bond acceptors (Lipinski definition) is 6. The van der Waals surface area contributed by atoms with Crippen LogP contribution in [0.1, 0.15) is 11.4 Å². The molecule has 0 aliphatic heterocycles. The second kappa shape index (κ2) is 4.55. The Balaban J connectivity index is 2.00. The Morgan fingerprint density at radius 1 is 1.50 bits per heavy atom. The number of rotatable bonds is 3. The van der Waals surface area contributed by atoms with E-state index in [0.717, 1.165) is 17.0 Å². The van der Waals surface area contributed by atoms with E-state index >= 15 is 0 Å². The Morgan fingerprint density at radius 2 is 2.38 bits per heavy atom. The number of H-pyrrole nitrogens is 1. The summed E-state index contributed by atoms with van der Waals surface area (Å²) < 4.78 is 0. The minimum atomic E-state index is -0.0808. The molecule has 0 bridgehead atoms. The first-order valence-corrected chi connectivity index (χ1v) is 5.28. The molecule has 0 unspecified atom stereocenters. The highest BCUT2D eigenvalue weighted by Gasteiger charge is 1.98. The van der Waals surface area contributed by atoms with Gasteiger partial charge in [-0.05, 0) is 0 Å². The Bertz CT molecular complexity index is 565. The van der Waals surface area contributed by atoms with Crippen molar-refractivity contribution in [2.45, 2.75) is 6.54 Å². The van der Waals surface area contributed by atoms with Crippen molar-refractivity contribution in [2.75, 3.05) is 5.32 Å². The zero-order valence-corrected chi connectivity index (χ0v) is 8.91. The molecule has 2 N–H and O–H groups in total. The fourth-order valence-electron chi connectivity index (χ4n) is 1.06. The van der Waals surface area contributed by atoms with Crippen LogP contribution in [0.5, 0.6) is 0 Å². The van der Waals surface area contributed by atoms with E-state index in [4.69, 9.17) is 5.26 Å². The number of aromatic amines is 1. The van der Waals surface area contributed by atoms with Crippen LogP contribution in [-0.2, 0) is 6.54 Å². The van der Waals surface area contributed by atoms with Crippen LogP contribution in [0.15, 0.2) is 22.6 Å². The molecule has 0 atom stereocenters. The van der Waals surface area contributed by atoms with Gasteiger partial charge >= 0.3 is 4.87 Å². The van der Waals surface area contributed by atoms with Crippen LogP contribution in [-0.4, -0.2) is 15.0 Å². The van der Waals surface area contributed by atoms with Crippen LogP contribution in [0, 0.1) is 11.3 Å². The number of nitriles is 1. The number of aromatic nitrogens is 3. The third kappa shape index (κ3) is 2.43. The summed E-state index contributed by atoms with van der Waals surface area (Å²) in [6.07, 6.45) is 2.86. The van der Waals surface area contributed by atoms with Gasteiger partial charge in [-0.2, -0.15) is 5.26 Å². The first-order valence-electron chi connectivity index (χ1n) is 4.40. The first kappa shape index (κ1) is 10.3. The fraction of sp³-hybridized carbons (Fsp3) is 0.111. The minimum Gasteiger partial charge on any atom is -0.363 e. The maximum Gasteiger partial charge on any atom is 0.304 e. The summed E-state index contributed by atoms with van der Waals surface area (Å²) in [5.74, 6) is 0.561. The molecule has 0 radical (unpaired) electrons. The fourth-order valence-corrected chi connectivity index (χ4v) is 1.64. The lowest BCUT2D eigenvalue weighted by molar-refractivity contribution is 1.03. The zero-order valence-electron chi connectivity index (χ0n) is 8.10. The molecule has 16 heavy (non-hydrogen) atoms. The van der Waals surface area contributed by atoms with Gasteiger partial charge in [0.2, 0.25) is 0 Å². The van der Waals surface area contributed by atoms with Crippen molar-refractivity contribution in [3.63, 3.8) is 0 Å². The highest BCUT2D eigenvalue weighted by Crippen LogP contribution is 2.03. The second-order valence-electron chi connectivity index (χ2n) is 2.93. The van der Waals surface area contributed by atoms with E-state index in [1.807, 2.05) is 6.07 Å². The van der Waals surface area contributed by atoms with E-state index < -0.39 is 0 Å². The van der Waals surface area contributed by atoms with Gasteiger partial charge in [0.1, 0.15) is 11.9 Å². The summed E-state index contributed by atoms with van der Waals surface area (Å²) in [5.41, 5.74) is 1.07. The molecule has 0 aliphatic carbocycles. The Hall–Kier alpha value is -2.20. The summed E-state index contributed by atoms with van der Waals surface area (Å²) in [6, 6.07) is 1.88. The molecule has 2 aromatic heterocycles. The van der Waals surface area contributed by atoms with Crippen molar-refractivity contribution in [1.29, 1.82) is 5.26 Å². The summed E-state index contributed by atoms with van der Waals surface area (Å²) in [7, 11) is 0. The normalized spacial score (nSPS) is 9.69. The second-order valence-corrected chi connectivity index (χ2v) is 3.77. The smallest absolute Gasteiger partial charge is 0.304 e. The Kier molecular flexibility index (Phi) is 2.93. The molecule has 0 aromatic carbocycles. The quantitative estimate of drug-likeness (QED) is 0.814. The van der Waals surface area contributed by atoms with Crippen molar-refractivity contribution in [1.82, 2.24) is 15.0 Å². The van der Waals surface area contributed by atoms with E-state index in [-0.39, 0.29) is 10.6 Å². The first-order chi connectivity index (χ1) is 7.78. The molecule has 7 heteroatoms. The Morgan fingerprint density at radius 3 is 2.94 bits per heavy atom. The van der Waals surface area contributed by atoms with E-state index in [9.17, 15) is 4.79 Å². The molecule has 80 valence electrons. The molecule has 0 saturated heterocycles. The lowest BCUT2D eigenvalue weighted by atomic mass is 10.4. The van der Waals surface area contributed by atoms with Crippen molar-refractivity contribution in [3.05, 3.63) is 38.8 Å². The monoisotopic (exact) mass is 233 g/mol. The van der Waals surface area contributed by atoms with E-state index in [0.29, 0.717) is 12.4 Å². The van der Waals surface area contributed by atoms with Crippen molar-refractivity contribution < 1.29 is 0 Å². The molecular weight excluding hydrogens is 226 g/mol. The highest BCUT2D eigenvalue weighted by molar-refractivity contribution is 7.07. The average Bonchev–Trinajstić information content (AvgIpc) is 2.73. The highest BCUT2D eigenvalue weighted by atomic mass is 32.1. The van der Waals surface area contributed by atoms with Gasteiger partial charge in [-0.15, -0.1) is 0 Å². The number of hydrogen-bond donors (Lipinski definition) is 2. The molecule has 2 rings (SSSR count). The number of nitrogens with one attached hydrogen (secondary N) is 2. The molecule has 0 fully saturated rings.